The van der Waals surface area contributed by atoms with Gasteiger partial charge >= 0.3 is 5.97 Å². The molecule has 0 spiro atoms. The lowest BCUT2D eigenvalue weighted by atomic mass is 10.2. The summed E-state index contributed by atoms with van der Waals surface area (Å²) >= 11 is 0. The van der Waals surface area contributed by atoms with Crippen molar-refractivity contribution in [2.75, 3.05) is 0 Å². The molecule has 0 heterocycles. The highest BCUT2D eigenvalue weighted by molar-refractivity contribution is 5.72. The summed E-state index contributed by atoms with van der Waals surface area (Å²) in [7, 11) is 0. The second-order valence-electron chi connectivity index (χ2n) is 2.93. The van der Waals surface area contributed by atoms with Crippen LogP contribution in [-0.4, -0.2) is 17.2 Å². The smallest absolute Gasteiger partial charge is 0.344 e. The van der Waals surface area contributed by atoms with Crippen molar-refractivity contribution in [3.05, 3.63) is 29.8 Å². The van der Waals surface area contributed by atoms with Gasteiger partial charge in [0.25, 0.3) is 0 Å². The number of carboxylic acid groups (broad SMARTS) is 1. The van der Waals surface area contributed by atoms with Gasteiger partial charge in [0.2, 0.25) is 0 Å². The van der Waals surface area contributed by atoms with E-state index in [0.717, 1.165) is 12.1 Å². The molecule has 1 N–H and O–H groups in total. The quantitative estimate of drug-likeness (QED) is 0.839. The minimum absolute atomic E-state index is 0.00292. The molecule has 0 saturated carbocycles. The molecule has 1 aromatic carbocycles. The van der Waals surface area contributed by atoms with Crippen molar-refractivity contribution in [1.82, 2.24) is 0 Å². The summed E-state index contributed by atoms with van der Waals surface area (Å²) in [5.74, 6) is -3.19. The molecule has 15 heavy (non-hydrogen) atoms. The number of carbonyl (C=O) groups is 1. The van der Waals surface area contributed by atoms with Gasteiger partial charge in [0, 0.05) is 6.07 Å². The minimum atomic E-state index is -1.14. The number of benzene rings is 1. The SMILES string of the molecule is CCC(Oc1ccc(F)c(F)c1)C(=O)O. The third kappa shape index (κ3) is 2.90. The van der Waals surface area contributed by atoms with Crippen LogP contribution in [-0.2, 0) is 4.79 Å². The number of carboxylic acids is 1. The lowest BCUT2D eigenvalue weighted by molar-refractivity contribution is -0.145. The topological polar surface area (TPSA) is 46.5 Å². The van der Waals surface area contributed by atoms with Crippen molar-refractivity contribution < 1.29 is 23.4 Å². The number of aliphatic carboxylic acids is 1. The Bertz CT molecular complexity index is 366. The highest BCUT2D eigenvalue weighted by atomic mass is 19.2. The van der Waals surface area contributed by atoms with Crippen LogP contribution in [0.4, 0.5) is 8.78 Å². The third-order valence-corrected chi connectivity index (χ3v) is 1.82. The summed E-state index contributed by atoms with van der Waals surface area (Å²) in [6.07, 6.45) is -0.802. The molecule has 1 atom stereocenters. The van der Waals surface area contributed by atoms with Crippen LogP contribution in [0.2, 0.25) is 0 Å². The molecule has 0 amide bonds. The van der Waals surface area contributed by atoms with Crippen molar-refractivity contribution in [3.63, 3.8) is 0 Å². The van der Waals surface area contributed by atoms with Crippen LogP contribution in [0.1, 0.15) is 13.3 Å². The molecule has 3 nitrogen and oxygen atoms in total. The van der Waals surface area contributed by atoms with Gasteiger partial charge in [-0.1, -0.05) is 6.92 Å². The maximum Gasteiger partial charge on any atom is 0.344 e. The second-order valence-corrected chi connectivity index (χ2v) is 2.93. The van der Waals surface area contributed by atoms with E-state index >= 15 is 0 Å². The van der Waals surface area contributed by atoms with Crippen molar-refractivity contribution in [2.24, 2.45) is 0 Å². The summed E-state index contributed by atoms with van der Waals surface area (Å²) in [5, 5.41) is 8.67. The van der Waals surface area contributed by atoms with E-state index in [1.54, 1.807) is 6.92 Å². The highest BCUT2D eigenvalue weighted by Gasteiger charge is 2.17. The van der Waals surface area contributed by atoms with Gasteiger partial charge in [-0.15, -0.1) is 0 Å². The lowest BCUT2D eigenvalue weighted by Gasteiger charge is -2.12. The molecule has 0 aliphatic heterocycles. The van der Waals surface area contributed by atoms with E-state index in [4.69, 9.17) is 9.84 Å². The fraction of sp³-hybridized carbons (Fsp3) is 0.300. The molecule has 0 saturated heterocycles. The third-order valence-electron chi connectivity index (χ3n) is 1.82. The average molecular weight is 216 g/mol. The van der Waals surface area contributed by atoms with Gasteiger partial charge in [0.1, 0.15) is 5.75 Å². The van der Waals surface area contributed by atoms with Gasteiger partial charge in [0.15, 0.2) is 17.7 Å². The van der Waals surface area contributed by atoms with Crippen LogP contribution in [0.3, 0.4) is 0 Å². The first-order chi connectivity index (χ1) is 7.04. The second kappa shape index (κ2) is 4.72. The van der Waals surface area contributed by atoms with Crippen LogP contribution in [0.5, 0.6) is 5.75 Å². The number of ether oxygens (including phenoxy) is 1. The molecule has 82 valence electrons. The molecule has 0 fully saturated rings. The molecule has 0 aliphatic rings. The zero-order valence-electron chi connectivity index (χ0n) is 8.04. The number of rotatable bonds is 4. The zero-order chi connectivity index (χ0) is 11.4. The maximum absolute atomic E-state index is 12.7. The number of hydrogen-bond donors (Lipinski definition) is 1. The lowest BCUT2D eigenvalue weighted by Crippen LogP contribution is -2.25. The maximum atomic E-state index is 12.7. The Labute approximate surface area is 85.3 Å². The van der Waals surface area contributed by atoms with E-state index in [1.807, 2.05) is 0 Å². The minimum Gasteiger partial charge on any atom is -0.479 e. The Kier molecular flexibility index (Phi) is 3.60. The Morgan fingerprint density at radius 2 is 2.13 bits per heavy atom. The first-order valence-corrected chi connectivity index (χ1v) is 4.39. The van der Waals surface area contributed by atoms with E-state index in [-0.39, 0.29) is 12.2 Å². The van der Waals surface area contributed by atoms with Crippen molar-refractivity contribution in [3.8, 4) is 5.75 Å². The monoisotopic (exact) mass is 216 g/mol. The molecular formula is C10H10F2O3. The van der Waals surface area contributed by atoms with Crippen LogP contribution < -0.4 is 4.74 Å². The predicted octanol–water partition coefficient (Wildman–Crippen LogP) is 2.21. The normalized spacial score (nSPS) is 12.2. The molecule has 1 aromatic rings. The van der Waals surface area contributed by atoms with Gasteiger partial charge in [-0.3, -0.25) is 0 Å². The van der Waals surface area contributed by atoms with E-state index < -0.39 is 23.7 Å². The van der Waals surface area contributed by atoms with Gasteiger partial charge in [-0.25, -0.2) is 13.6 Å². The number of halogens is 2. The molecule has 0 radical (unpaired) electrons. The summed E-state index contributed by atoms with van der Waals surface area (Å²) in [6, 6.07) is 2.89. The molecule has 1 rings (SSSR count). The van der Waals surface area contributed by atoms with Crippen LogP contribution >= 0.6 is 0 Å². The summed E-state index contributed by atoms with van der Waals surface area (Å²) in [4.78, 5) is 10.6. The molecule has 5 heteroatoms. The molecule has 0 bridgehead atoms. The van der Waals surface area contributed by atoms with Gasteiger partial charge < -0.3 is 9.84 Å². The van der Waals surface area contributed by atoms with Crippen molar-refractivity contribution >= 4 is 5.97 Å². The van der Waals surface area contributed by atoms with Gasteiger partial charge in [-0.2, -0.15) is 0 Å². The zero-order valence-corrected chi connectivity index (χ0v) is 8.04. The number of hydrogen-bond acceptors (Lipinski definition) is 2. The highest BCUT2D eigenvalue weighted by Crippen LogP contribution is 2.17. The largest absolute Gasteiger partial charge is 0.479 e. The first kappa shape index (κ1) is 11.4. The summed E-state index contributed by atoms with van der Waals surface area (Å²) in [5.41, 5.74) is 0. The Morgan fingerprint density at radius 1 is 1.47 bits per heavy atom. The van der Waals surface area contributed by atoms with Crippen LogP contribution in [0.15, 0.2) is 18.2 Å². The van der Waals surface area contributed by atoms with E-state index in [9.17, 15) is 13.6 Å². The Balaban J connectivity index is 2.80. The van der Waals surface area contributed by atoms with Gasteiger partial charge in [0.05, 0.1) is 0 Å². The summed E-state index contributed by atoms with van der Waals surface area (Å²) in [6.45, 7) is 1.62. The molecule has 0 aliphatic carbocycles. The first-order valence-electron chi connectivity index (χ1n) is 4.39. The molecule has 0 aromatic heterocycles. The fourth-order valence-electron chi connectivity index (χ4n) is 1.02. The molecular weight excluding hydrogens is 206 g/mol. The molecule has 1 unspecified atom stereocenters. The Morgan fingerprint density at radius 3 is 2.60 bits per heavy atom. The summed E-state index contributed by atoms with van der Waals surface area (Å²) < 4.78 is 30.2. The van der Waals surface area contributed by atoms with E-state index in [2.05, 4.69) is 0 Å². The van der Waals surface area contributed by atoms with E-state index in [0.29, 0.717) is 0 Å². The van der Waals surface area contributed by atoms with Crippen molar-refractivity contribution in [2.45, 2.75) is 19.4 Å². The van der Waals surface area contributed by atoms with Gasteiger partial charge in [-0.05, 0) is 18.6 Å². The Hall–Kier alpha value is -1.65. The van der Waals surface area contributed by atoms with Crippen molar-refractivity contribution in [1.29, 1.82) is 0 Å². The van der Waals surface area contributed by atoms with Crippen LogP contribution in [0, 0.1) is 11.6 Å². The average Bonchev–Trinajstić information content (AvgIpc) is 2.19. The predicted molar refractivity (Wildman–Crippen MR) is 48.7 cm³/mol. The standard InChI is InChI=1S/C10H10F2O3/c1-2-9(10(13)14)15-6-3-4-7(11)8(12)5-6/h3-5,9H,2H2,1H3,(H,13,14). The van der Waals surface area contributed by atoms with Crippen LogP contribution in [0.25, 0.3) is 0 Å². The fourth-order valence-corrected chi connectivity index (χ4v) is 1.02. The van der Waals surface area contributed by atoms with E-state index in [1.165, 1.54) is 6.07 Å².